The minimum absolute atomic E-state index is 0.657. The fraction of sp³-hybridized carbons (Fsp3) is 0.667. The number of nitrogens with two attached hydrogens (primary N) is 1. The van der Waals surface area contributed by atoms with Gasteiger partial charge in [-0.05, 0) is 48.6 Å². The van der Waals surface area contributed by atoms with Gasteiger partial charge in [-0.15, -0.1) is 0 Å². The van der Waals surface area contributed by atoms with Crippen LogP contribution in [-0.2, 0) is 6.54 Å². The molecule has 0 radical (unpaired) electrons. The van der Waals surface area contributed by atoms with Crippen molar-refractivity contribution in [1.29, 1.82) is 0 Å². The molecule has 0 amide bonds. The predicted molar refractivity (Wildman–Crippen MR) is 83.2 cm³/mol. The first-order valence-electron chi connectivity index (χ1n) is 8.12. The van der Waals surface area contributed by atoms with Gasteiger partial charge in [0.2, 0.25) is 0 Å². The molecule has 0 unspecified atom stereocenters. The van der Waals surface area contributed by atoms with Gasteiger partial charge < -0.3 is 5.73 Å². The summed E-state index contributed by atoms with van der Waals surface area (Å²) in [5.41, 5.74) is 8.43. The molecule has 1 saturated carbocycles. The first kappa shape index (κ1) is 14.6. The van der Waals surface area contributed by atoms with E-state index in [4.69, 9.17) is 5.73 Å². The number of benzene rings is 1. The topological polar surface area (TPSA) is 26.0 Å². The van der Waals surface area contributed by atoms with Gasteiger partial charge in [-0.3, -0.25) is 0 Å². The molecule has 0 aromatic heterocycles. The minimum Gasteiger partial charge on any atom is -0.326 e. The van der Waals surface area contributed by atoms with Gasteiger partial charge in [-0.2, -0.15) is 0 Å². The molecule has 0 atom stereocenters. The molecule has 1 nitrogen and oxygen atoms in total. The van der Waals surface area contributed by atoms with E-state index < -0.39 is 0 Å². The minimum atomic E-state index is 0.657. The molecule has 0 spiro atoms. The van der Waals surface area contributed by atoms with Gasteiger partial charge in [-0.1, -0.05) is 56.9 Å². The zero-order valence-corrected chi connectivity index (χ0v) is 12.4. The largest absolute Gasteiger partial charge is 0.326 e. The zero-order valence-electron chi connectivity index (χ0n) is 12.4. The lowest BCUT2D eigenvalue weighted by molar-refractivity contribution is 0.303. The summed E-state index contributed by atoms with van der Waals surface area (Å²) in [5.74, 6) is 1.81. The Morgan fingerprint density at radius 1 is 1.00 bits per heavy atom. The van der Waals surface area contributed by atoms with E-state index in [-0.39, 0.29) is 0 Å². The molecule has 1 aromatic carbocycles. The first-order chi connectivity index (χ1) is 9.33. The zero-order chi connectivity index (χ0) is 13.5. The lowest BCUT2D eigenvalue weighted by Gasteiger charge is -2.29. The maximum Gasteiger partial charge on any atom is 0.0178 e. The molecule has 0 bridgehead atoms. The molecule has 2 N–H and O–H groups in total. The van der Waals surface area contributed by atoms with Crippen molar-refractivity contribution in [1.82, 2.24) is 0 Å². The summed E-state index contributed by atoms with van der Waals surface area (Å²) in [6.45, 7) is 2.95. The molecule has 1 aliphatic carbocycles. The molecule has 1 fully saturated rings. The molecule has 1 heteroatoms. The molecule has 1 aliphatic rings. The second-order valence-corrected chi connectivity index (χ2v) is 6.16. The number of hydrogen-bond donors (Lipinski definition) is 1. The monoisotopic (exact) mass is 259 g/mol. The highest BCUT2D eigenvalue weighted by molar-refractivity contribution is 5.25. The Morgan fingerprint density at radius 3 is 2.26 bits per heavy atom. The Morgan fingerprint density at radius 2 is 1.68 bits per heavy atom. The third-order valence-electron chi connectivity index (χ3n) is 4.75. The molecular formula is C18H29N. The van der Waals surface area contributed by atoms with E-state index in [1.165, 1.54) is 62.5 Å². The first-order valence-corrected chi connectivity index (χ1v) is 8.12. The summed E-state index contributed by atoms with van der Waals surface area (Å²) in [7, 11) is 0. The molecule has 0 heterocycles. The highest BCUT2D eigenvalue weighted by Gasteiger charge is 2.21. The second kappa shape index (κ2) is 7.69. The Kier molecular flexibility index (Phi) is 5.91. The summed E-state index contributed by atoms with van der Waals surface area (Å²) in [6.07, 6.45) is 11.3. The molecule has 106 valence electrons. The molecule has 2 rings (SSSR count). The fourth-order valence-electron chi connectivity index (χ4n) is 3.39. The summed E-state index contributed by atoms with van der Waals surface area (Å²) < 4.78 is 0. The van der Waals surface area contributed by atoms with Crippen LogP contribution in [0, 0.1) is 5.92 Å². The van der Waals surface area contributed by atoms with E-state index in [1.807, 2.05) is 0 Å². The van der Waals surface area contributed by atoms with Crippen LogP contribution in [0.25, 0.3) is 0 Å². The average Bonchev–Trinajstić information content (AvgIpc) is 2.48. The Balaban J connectivity index is 1.78. The van der Waals surface area contributed by atoms with Crippen LogP contribution < -0.4 is 5.73 Å². The van der Waals surface area contributed by atoms with E-state index in [0.717, 1.165) is 11.8 Å². The quantitative estimate of drug-likeness (QED) is 0.715. The van der Waals surface area contributed by atoms with Gasteiger partial charge in [0, 0.05) is 6.54 Å². The Hall–Kier alpha value is -0.820. The van der Waals surface area contributed by atoms with Crippen LogP contribution in [0.5, 0.6) is 0 Å². The lowest BCUT2D eigenvalue weighted by atomic mass is 9.77. The van der Waals surface area contributed by atoms with Crippen molar-refractivity contribution in [2.75, 3.05) is 0 Å². The summed E-state index contributed by atoms with van der Waals surface area (Å²) in [4.78, 5) is 0. The van der Waals surface area contributed by atoms with Crippen LogP contribution in [0.4, 0.5) is 0 Å². The summed E-state index contributed by atoms with van der Waals surface area (Å²) in [6, 6.07) is 8.99. The van der Waals surface area contributed by atoms with Gasteiger partial charge >= 0.3 is 0 Å². The van der Waals surface area contributed by atoms with Crippen molar-refractivity contribution < 1.29 is 0 Å². The van der Waals surface area contributed by atoms with Crippen LogP contribution in [0.1, 0.15) is 75.3 Å². The third-order valence-corrected chi connectivity index (χ3v) is 4.75. The lowest BCUT2D eigenvalue weighted by Crippen LogP contribution is -2.13. The number of unbranched alkanes of at least 4 members (excludes halogenated alkanes) is 2. The van der Waals surface area contributed by atoms with Crippen LogP contribution in [-0.4, -0.2) is 0 Å². The fourth-order valence-corrected chi connectivity index (χ4v) is 3.39. The van der Waals surface area contributed by atoms with Crippen LogP contribution >= 0.6 is 0 Å². The average molecular weight is 259 g/mol. The van der Waals surface area contributed by atoms with Crippen molar-refractivity contribution in [2.24, 2.45) is 11.7 Å². The smallest absolute Gasteiger partial charge is 0.0178 e. The highest BCUT2D eigenvalue weighted by atomic mass is 14.5. The van der Waals surface area contributed by atoms with Crippen LogP contribution in [0.2, 0.25) is 0 Å². The third kappa shape index (κ3) is 4.35. The van der Waals surface area contributed by atoms with E-state index in [0.29, 0.717) is 6.54 Å². The van der Waals surface area contributed by atoms with Gasteiger partial charge in [-0.25, -0.2) is 0 Å². The van der Waals surface area contributed by atoms with Gasteiger partial charge in [0.1, 0.15) is 0 Å². The Labute approximate surface area is 118 Å². The normalized spacial score (nSPS) is 23.5. The van der Waals surface area contributed by atoms with Gasteiger partial charge in [0.05, 0.1) is 0 Å². The number of hydrogen-bond acceptors (Lipinski definition) is 1. The molecule has 1 aromatic rings. The van der Waals surface area contributed by atoms with Gasteiger partial charge in [0.15, 0.2) is 0 Å². The molecular weight excluding hydrogens is 230 g/mol. The molecule has 0 saturated heterocycles. The SMILES string of the molecule is CCCCCC1CCC(c2ccc(CN)cc2)CC1. The maximum atomic E-state index is 5.65. The standard InChI is InChI=1S/C18H29N/c1-2-3-4-5-15-6-10-17(11-7-15)18-12-8-16(14-19)9-13-18/h8-9,12-13,15,17H,2-7,10-11,14,19H2,1H3. The second-order valence-electron chi connectivity index (χ2n) is 6.16. The highest BCUT2D eigenvalue weighted by Crippen LogP contribution is 2.37. The Bertz CT molecular complexity index is 346. The van der Waals surface area contributed by atoms with Crippen LogP contribution in [0.15, 0.2) is 24.3 Å². The van der Waals surface area contributed by atoms with E-state index >= 15 is 0 Å². The molecule has 0 aliphatic heterocycles. The van der Waals surface area contributed by atoms with E-state index in [9.17, 15) is 0 Å². The van der Waals surface area contributed by atoms with Crippen LogP contribution in [0.3, 0.4) is 0 Å². The van der Waals surface area contributed by atoms with Crippen molar-refractivity contribution >= 4 is 0 Å². The van der Waals surface area contributed by atoms with E-state index in [2.05, 4.69) is 31.2 Å². The summed E-state index contributed by atoms with van der Waals surface area (Å²) in [5, 5.41) is 0. The maximum absolute atomic E-state index is 5.65. The van der Waals surface area contributed by atoms with Crippen molar-refractivity contribution in [3.05, 3.63) is 35.4 Å². The molecule has 19 heavy (non-hydrogen) atoms. The van der Waals surface area contributed by atoms with E-state index in [1.54, 1.807) is 0 Å². The van der Waals surface area contributed by atoms with Gasteiger partial charge in [0.25, 0.3) is 0 Å². The van der Waals surface area contributed by atoms with Crippen molar-refractivity contribution in [2.45, 2.75) is 70.8 Å². The van der Waals surface area contributed by atoms with Crippen molar-refractivity contribution in [3.63, 3.8) is 0 Å². The predicted octanol–water partition coefficient (Wildman–Crippen LogP) is 5.00. The van der Waals surface area contributed by atoms with Crippen molar-refractivity contribution in [3.8, 4) is 0 Å². The number of rotatable bonds is 6. The summed E-state index contributed by atoms with van der Waals surface area (Å²) >= 11 is 0.